The molecule has 0 unspecified atom stereocenters. The van der Waals surface area contributed by atoms with E-state index in [4.69, 9.17) is 11.6 Å². The van der Waals surface area contributed by atoms with Crippen LogP contribution < -0.4 is 0 Å². The second-order valence-corrected chi connectivity index (χ2v) is 5.41. The van der Waals surface area contributed by atoms with Gasteiger partial charge in [0.25, 0.3) is 5.69 Å². The smallest absolute Gasteiger partial charge is 0.276 e. The molecule has 0 aliphatic rings. The minimum absolute atomic E-state index is 0.0306. The van der Waals surface area contributed by atoms with Crippen LogP contribution in [-0.2, 0) is 11.3 Å². The first kappa shape index (κ1) is 16.7. The fraction of sp³-hybridized carbons (Fsp3) is 0.118. The molecule has 2 rings (SSSR count). The summed E-state index contributed by atoms with van der Waals surface area (Å²) in [5.41, 5.74) is 1.31. The lowest BCUT2D eigenvalue weighted by Gasteiger charge is -2.15. The zero-order valence-electron chi connectivity index (χ0n) is 12.5. The van der Waals surface area contributed by atoms with E-state index < -0.39 is 4.92 Å². The van der Waals surface area contributed by atoms with Crippen molar-refractivity contribution in [2.75, 3.05) is 7.05 Å². The first-order chi connectivity index (χ1) is 11.0. The molecule has 0 fully saturated rings. The Bertz CT molecular complexity index is 742. The molecule has 0 radical (unpaired) electrons. The number of likely N-dealkylation sites (N-methyl/N-ethyl adjacent to an activating group) is 1. The zero-order chi connectivity index (χ0) is 16.8. The molecule has 0 aliphatic carbocycles. The zero-order valence-corrected chi connectivity index (χ0v) is 13.2. The third kappa shape index (κ3) is 4.66. The molecule has 0 spiro atoms. The Balaban J connectivity index is 2.06. The first-order valence-corrected chi connectivity index (χ1v) is 7.26. The van der Waals surface area contributed by atoms with Crippen molar-refractivity contribution in [2.24, 2.45) is 0 Å². The van der Waals surface area contributed by atoms with Gasteiger partial charge >= 0.3 is 0 Å². The number of amides is 1. The Morgan fingerprint density at radius 1 is 1.22 bits per heavy atom. The predicted octanol–water partition coefficient (Wildman–Crippen LogP) is 3.92. The van der Waals surface area contributed by atoms with E-state index in [1.54, 1.807) is 37.4 Å². The number of carbonyl (C=O) groups is 1. The summed E-state index contributed by atoms with van der Waals surface area (Å²) in [7, 11) is 1.67. The summed E-state index contributed by atoms with van der Waals surface area (Å²) in [4.78, 5) is 24.1. The van der Waals surface area contributed by atoms with E-state index in [9.17, 15) is 14.9 Å². The van der Waals surface area contributed by atoms with Crippen molar-refractivity contribution < 1.29 is 9.72 Å². The predicted molar refractivity (Wildman–Crippen MR) is 90.1 cm³/mol. The maximum Gasteiger partial charge on any atom is 0.276 e. The highest BCUT2D eigenvalue weighted by Gasteiger charge is 2.11. The SMILES string of the molecule is CN(Cc1ccc(Cl)cc1)C(=O)C=Cc1ccccc1[N+](=O)[O-]. The molecule has 118 valence electrons. The molecule has 0 saturated carbocycles. The number of nitro benzene ring substituents is 1. The second-order valence-electron chi connectivity index (χ2n) is 4.97. The Hall–Kier alpha value is -2.66. The van der Waals surface area contributed by atoms with Gasteiger partial charge < -0.3 is 4.90 Å². The van der Waals surface area contributed by atoms with Gasteiger partial charge in [-0.05, 0) is 29.8 Å². The number of hydrogen-bond donors (Lipinski definition) is 0. The van der Waals surface area contributed by atoms with Gasteiger partial charge in [-0.3, -0.25) is 14.9 Å². The lowest BCUT2D eigenvalue weighted by Crippen LogP contribution is -2.24. The molecule has 0 bridgehead atoms. The lowest BCUT2D eigenvalue weighted by atomic mass is 10.1. The van der Waals surface area contributed by atoms with Crippen molar-refractivity contribution >= 4 is 29.3 Å². The van der Waals surface area contributed by atoms with E-state index in [0.29, 0.717) is 17.1 Å². The van der Waals surface area contributed by atoms with Crippen molar-refractivity contribution in [3.8, 4) is 0 Å². The summed E-state index contributed by atoms with van der Waals surface area (Å²) in [6.45, 7) is 0.428. The van der Waals surface area contributed by atoms with Gasteiger partial charge in [0.15, 0.2) is 0 Å². The monoisotopic (exact) mass is 330 g/mol. The minimum atomic E-state index is -0.471. The van der Waals surface area contributed by atoms with Crippen LogP contribution in [-0.4, -0.2) is 22.8 Å². The van der Waals surface area contributed by atoms with Gasteiger partial charge in [0.2, 0.25) is 5.91 Å². The van der Waals surface area contributed by atoms with E-state index in [1.165, 1.54) is 23.1 Å². The van der Waals surface area contributed by atoms with Crippen molar-refractivity contribution in [1.29, 1.82) is 0 Å². The van der Waals surface area contributed by atoms with Crippen LogP contribution in [0, 0.1) is 10.1 Å². The molecular formula is C17H15ClN2O3. The summed E-state index contributed by atoms with van der Waals surface area (Å²) in [5.74, 6) is -0.238. The molecule has 5 nitrogen and oxygen atoms in total. The van der Waals surface area contributed by atoms with Crippen LogP contribution in [0.25, 0.3) is 6.08 Å². The van der Waals surface area contributed by atoms with E-state index in [0.717, 1.165) is 5.56 Å². The fourth-order valence-corrected chi connectivity index (χ4v) is 2.15. The standard InChI is InChI=1S/C17H15ClN2O3/c1-19(12-13-6-9-15(18)10-7-13)17(21)11-8-14-4-2-3-5-16(14)20(22)23/h2-11H,12H2,1H3. The number of hydrogen-bond acceptors (Lipinski definition) is 3. The number of benzene rings is 2. The third-order valence-electron chi connectivity index (χ3n) is 3.25. The maximum atomic E-state index is 12.1. The molecular weight excluding hydrogens is 316 g/mol. The van der Waals surface area contributed by atoms with Gasteiger partial charge in [0.1, 0.15) is 0 Å². The van der Waals surface area contributed by atoms with E-state index in [1.807, 2.05) is 12.1 Å². The maximum absolute atomic E-state index is 12.1. The number of carbonyl (C=O) groups excluding carboxylic acids is 1. The third-order valence-corrected chi connectivity index (χ3v) is 3.50. The average molecular weight is 331 g/mol. The number of para-hydroxylation sites is 1. The number of rotatable bonds is 5. The molecule has 0 saturated heterocycles. The van der Waals surface area contributed by atoms with Crippen LogP contribution in [0.2, 0.25) is 5.02 Å². The highest BCUT2D eigenvalue weighted by atomic mass is 35.5. The van der Waals surface area contributed by atoms with Gasteiger partial charge in [-0.1, -0.05) is 35.9 Å². The normalized spacial score (nSPS) is 10.7. The van der Waals surface area contributed by atoms with Crippen molar-refractivity contribution in [2.45, 2.75) is 6.54 Å². The fourth-order valence-electron chi connectivity index (χ4n) is 2.02. The number of nitro groups is 1. The summed E-state index contributed by atoms with van der Waals surface area (Å²) in [6, 6.07) is 13.5. The molecule has 6 heteroatoms. The summed E-state index contributed by atoms with van der Waals surface area (Å²) in [5, 5.41) is 11.6. The van der Waals surface area contributed by atoms with E-state index >= 15 is 0 Å². The molecule has 23 heavy (non-hydrogen) atoms. The van der Waals surface area contributed by atoms with Gasteiger partial charge in [-0.15, -0.1) is 0 Å². The summed E-state index contributed by atoms with van der Waals surface area (Å²) < 4.78 is 0. The van der Waals surface area contributed by atoms with E-state index in [2.05, 4.69) is 0 Å². The molecule has 1 amide bonds. The minimum Gasteiger partial charge on any atom is -0.338 e. The average Bonchev–Trinajstić information content (AvgIpc) is 2.54. The van der Waals surface area contributed by atoms with Crippen LogP contribution in [0.1, 0.15) is 11.1 Å². The van der Waals surface area contributed by atoms with Crippen molar-refractivity contribution in [3.63, 3.8) is 0 Å². The Morgan fingerprint density at radius 3 is 2.52 bits per heavy atom. The highest BCUT2D eigenvalue weighted by Crippen LogP contribution is 2.19. The van der Waals surface area contributed by atoms with Gasteiger partial charge in [0, 0.05) is 30.8 Å². The largest absolute Gasteiger partial charge is 0.338 e. The highest BCUT2D eigenvalue weighted by molar-refractivity contribution is 6.30. The Labute approximate surface area is 139 Å². The van der Waals surface area contributed by atoms with Gasteiger partial charge in [-0.2, -0.15) is 0 Å². The van der Waals surface area contributed by atoms with Crippen LogP contribution >= 0.6 is 11.6 Å². The summed E-state index contributed by atoms with van der Waals surface area (Å²) in [6.07, 6.45) is 2.79. The number of nitrogens with zero attached hydrogens (tertiary/aromatic N) is 2. The van der Waals surface area contributed by atoms with Gasteiger partial charge in [0.05, 0.1) is 10.5 Å². The molecule has 0 N–H and O–H groups in total. The molecule has 2 aromatic rings. The topological polar surface area (TPSA) is 63.5 Å². The number of halogens is 1. The van der Waals surface area contributed by atoms with Crippen LogP contribution in [0.3, 0.4) is 0 Å². The first-order valence-electron chi connectivity index (χ1n) is 6.88. The summed E-state index contributed by atoms with van der Waals surface area (Å²) >= 11 is 5.82. The van der Waals surface area contributed by atoms with Gasteiger partial charge in [-0.25, -0.2) is 0 Å². The van der Waals surface area contributed by atoms with Crippen LogP contribution in [0.4, 0.5) is 5.69 Å². The van der Waals surface area contributed by atoms with Crippen LogP contribution in [0.5, 0.6) is 0 Å². The quantitative estimate of drug-likeness (QED) is 0.474. The molecule has 0 aromatic heterocycles. The molecule has 0 heterocycles. The van der Waals surface area contributed by atoms with Crippen molar-refractivity contribution in [1.82, 2.24) is 4.90 Å². The second kappa shape index (κ2) is 7.56. The lowest BCUT2D eigenvalue weighted by molar-refractivity contribution is -0.385. The Kier molecular flexibility index (Phi) is 5.49. The Morgan fingerprint density at radius 2 is 1.87 bits per heavy atom. The molecule has 0 aliphatic heterocycles. The molecule has 0 atom stereocenters. The van der Waals surface area contributed by atoms with Crippen LogP contribution in [0.15, 0.2) is 54.6 Å². The molecule has 2 aromatic carbocycles. The van der Waals surface area contributed by atoms with Crippen molar-refractivity contribution in [3.05, 3.63) is 80.9 Å². The van der Waals surface area contributed by atoms with E-state index in [-0.39, 0.29) is 11.6 Å².